The average Bonchev–Trinajstić information content (AvgIpc) is 2.49. The maximum Gasteiger partial charge on any atom is 0.326 e. The van der Waals surface area contributed by atoms with E-state index in [4.69, 9.17) is 16.3 Å². The largest absolute Gasteiger partial charge is 0.487 e. The minimum atomic E-state index is -0.213. The highest BCUT2D eigenvalue weighted by Crippen LogP contribution is 2.34. The lowest BCUT2D eigenvalue weighted by Crippen LogP contribution is -2.44. The summed E-state index contributed by atoms with van der Waals surface area (Å²) in [5.74, 6) is 0.721. The number of fused-ring (bicyclic) bond motifs is 1. The smallest absolute Gasteiger partial charge is 0.326 e. The van der Waals surface area contributed by atoms with Gasteiger partial charge in [-0.05, 0) is 43.7 Å². The van der Waals surface area contributed by atoms with Crippen molar-refractivity contribution in [2.45, 2.75) is 20.0 Å². The second kappa shape index (κ2) is 5.89. The number of hydrogen-bond donors (Lipinski definition) is 1. The van der Waals surface area contributed by atoms with Gasteiger partial charge in [0.25, 0.3) is 0 Å². The monoisotopic (exact) mass is 316 g/mol. The third-order valence-corrected chi connectivity index (χ3v) is 3.86. The fourth-order valence-electron chi connectivity index (χ4n) is 2.49. The minimum absolute atomic E-state index is 0.0628. The van der Waals surface area contributed by atoms with Crippen molar-refractivity contribution in [3.8, 4) is 5.75 Å². The van der Waals surface area contributed by atoms with E-state index in [2.05, 4.69) is 5.32 Å². The average molecular weight is 317 g/mol. The van der Waals surface area contributed by atoms with Crippen LogP contribution < -0.4 is 15.0 Å². The Kier molecular flexibility index (Phi) is 3.94. The number of aryl methyl sites for hydroxylation is 1. The molecule has 0 radical (unpaired) electrons. The van der Waals surface area contributed by atoms with E-state index in [0.29, 0.717) is 17.3 Å². The summed E-state index contributed by atoms with van der Waals surface area (Å²) >= 11 is 6.10. The number of nitrogens with one attached hydrogen (secondary N) is 1. The summed E-state index contributed by atoms with van der Waals surface area (Å²) in [5, 5.41) is 3.38. The van der Waals surface area contributed by atoms with Crippen LogP contribution in [0.15, 0.2) is 42.5 Å². The predicted octanol–water partition coefficient (Wildman–Crippen LogP) is 4.47. The van der Waals surface area contributed by atoms with E-state index in [1.165, 1.54) is 0 Å². The van der Waals surface area contributed by atoms with Crippen molar-refractivity contribution in [3.63, 3.8) is 0 Å². The van der Waals surface area contributed by atoms with Gasteiger partial charge in [-0.2, -0.15) is 0 Å². The molecule has 1 atom stereocenters. The van der Waals surface area contributed by atoms with Gasteiger partial charge < -0.3 is 10.1 Å². The first-order valence-corrected chi connectivity index (χ1v) is 7.53. The molecule has 1 aliphatic heterocycles. The van der Waals surface area contributed by atoms with Crippen LogP contribution in [0, 0.1) is 6.92 Å². The van der Waals surface area contributed by atoms with Crippen LogP contribution in [0.1, 0.15) is 12.5 Å². The van der Waals surface area contributed by atoms with Crippen molar-refractivity contribution >= 4 is 29.0 Å². The van der Waals surface area contributed by atoms with E-state index in [0.717, 1.165) is 17.0 Å². The summed E-state index contributed by atoms with van der Waals surface area (Å²) in [6, 6.07) is 12.8. The summed E-state index contributed by atoms with van der Waals surface area (Å²) < 4.78 is 5.79. The van der Waals surface area contributed by atoms with Crippen LogP contribution in [0.5, 0.6) is 5.75 Å². The lowest BCUT2D eigenvalue weighted by atomic mass is 10.1. The number of rotatable bonds is 1. The normalized spacial score (nSPS) is 16.7. The molecule has 5 heteroatoms. The van der Waals surface area contributed by atoms with E-state index in [-0.39, 0.29) is 12.1 Å². The van der Waals surface area contributed by atoms with Crippen molar-refractivity contribution < 1.29 is 9.53 Å². The van der Waals surface area contributed by atoms with Crippen LogP contribution in [-0.4, -0.2) is 18.7 Å². The lowest BCUT2D eigenvalue weighted by molar-refractivity contribution is 0.208. The van der Waals surface area contributed by atoms with Gasteiger partial charge in [0, 0.05) is 0 Å². The van der Waals surface area contributed by atoms with Gasteiger partial charge in [-0.1, -0.05) is 29.8 Å². The fraction of sp³-hybridized carbons (Fsp3) is 0.235. The first-order chi connectivity index (χ1) is 10.5. The van der Waals surface area contributed by atoms with Crippen molar-refractivity contribution in [1.29, 1.82) is 0 Å². The molecule has 0 aliphatic carbocycles. The number of carbonyl (C=O) groups is 1. The number of amides is 2. The first-order valence-electron chi connectivity index (χ1n) is 7.15. The van der Waals surface area contributed by atoms with Crippen LogP contribution in [0.4, 0.5) is 16.2 Å². The maximum absolute atomic E-state index is 12.6. The number of urea groups is 1. The Bertz CT molecular complexity index is 718. The lowest BCUT2D eigenvalue weighted by Gasteiger charge is -2.33. The predicted molar refractivity (Wildman–Crippen MR) is 89.1 cm³/mol. The molecule has 0 spiro atoms. The highest BCUT2D eigenvalue weighted by molar-refractivity contribution is 6.33. The van der Waals surface area contributed by atoms with E-state index in [9.17, 15) is 4.79 Å². The Balaban J connectivity index is 1.90. The van der Waals surface area contributed by atoms with Gasteiger partial charge >= 0.3 is 6.03 Å². The molecule has 22 heavy (non-hydrogen) atoms. The molecule has 1 N–H and O–H groups in total. The van der Waals surface area contributed by atoms with Gasteiger partial charge in [0.05, 0.1) is 22.9 Å². The fourth-order valence-corrected chi connectivity index (χ4v) is 2.67. The molecule has 0 fully saturated rings. The van der Waals surface area contributed by atoms with Crippen LogP contribution >= 0.6 is 11.6 Å². The molecule has 0 unspecified atom stereocenters. The summed E-state index contributed by atoms with van der Waals surface area (Å²) in [7, 11) is 0. The van der Waals surface area contributed by atoms with Crippen molar-refractivity contribution in [2.75, 3.05) is 16.8 Å². The molecular formula is C17H17ClN2O2. The Morgan fingerprint density at radius 2 is 2.09 bits per heavy atom. The van der Waals surface area contributed by atoms with Crippen LogP contribution in [0.3, 0.4) is 0 Å². The molecule has 3 rings (SSSR count). The standard InChI is InChI=1S/C17H17ClN2O2/c1-11-7-8-16-15(9-11)20(10-12(2)22-16)17(21)19-14-6-4-3-5-13(14)18/h3-9,12H,10H2,1-2H3,(H,19,21)/t12-/m0/s1. The number of ether oxygens (including phenoxy) is 1. The van der Waals surface area contributed by atoms with Crippen LogP contribution in [0.25, 0.3) is 0 Å². The molecule has 0 aromatic heterocycles. The molecular weight excluding hydrogens is 300 g/mol. The molecule has 114 valence electrons. The molecule has 1 aliphatic rings. The second-order valence-corrected chi connectivity index (χ2v) is 5.83. The number of halogens is 1. The highest BCUT2D eigenvalue weighted by Gasteiger charge is 2.28. The highest BCUT2D eigenvalue weighted by atomic mass is 35.5. The molecule has 2 aromatic rings. The van der Waals surface area contributed by atoms with Gasteiger partial charge in [-0.3, -0.25) is 4.90 Å². The third kappa shape index (κ3) is 2.88. The summed E-state index contributed by atoms with van der Waals surface area (Å²) in [6.07, 6.45) is -0.0628. The minimum Gasteiger partial charge on any atom is -0.487 e. The number of carbonyl (C=O) groups excluding carboxylic acids is 1. The van der Waals surface area contributed by atoms with Gasteiger partial charge in [0.1, 0.15) is 11.9 Å². The molecule has 2 amide bonds. The van der Waals surface area contributed by atoms with E-state index in [1.54, 1.807) is 17.0 Å². The second-order valence-electron chi connectivity index (χ2n) is 5.42. The molecule has 2 aromatic carbocycles. The topological polar surface area (TPSA) is 41.6 Å². The van der Waals surface area contributed by atoms with Crippen molar-refractivity contribution in [1.82, 2.24) is 0 Å². The molecule has 1 heterocycles. The van der Waals surface area contributed by atoms with Gasteiger partial charge in [-0.25, -0.2) is 4.79 Å². The molecule has 0 bridgehead atoms. The van der Waals surface area contributed by atoms with Crippen LogP contribution in [-0.2, 0) is 0 Å². The SMILES string of the molecule is Cc1ccc2c(c1)N(C(=O)Nc1ccccc1Cl)C[C@H](C)O2. The summed E-state index contributed by atoms with van der Waals surface area (Å²) in [5.41, 5.74) is 2.46. The Morgan fingerprint density at radius 1 is 1.32 bits per heavy atom. The quantitative estimate of drug-likeness (QED) is 0.843. The van der Waals surface area contributed by atoms with Gasteiger partial charge in [-0.15, -0.1) is 0 Å². The Labute approximate surface area is 134 Å². The van der Waals surface area contributed by atoms with Crippen LogP contribution in [0.2, 0.25) is 5.02 Å². The zero-order chi connectivity index (χ0) is 15.7. The number of benzene rings is 2. The van der Waals surface area contributed by atoms with Crippen molar-refractivity contribution in [3.05, 3.63) is 53.1 Å². The van der Waals surface area contributed by atoms with E-state index < -0.39 is 0 Å². The Morgan fingerprint density at radius 3 is 2.86 bits per heavy atom. The zero-order valence-electron chi connectivity index (χ0n) is 12.5. The Hall–Kier alpha value is -2.20. The number of nitrogens with zero attached hydrogens (tertiary/aromatic N) is 1. The number of para-hydroxylation sites is 1. The van der Waals surface area contributed by atoms with Gasteiger partial charge in [0.15, 0.2) is 0 Å². The van der Waals surface area contributed by atoms with Gasteiger partial charge in [0.2, 0.25) is 0 Å². The zero-order valence-corrected chi connectivity index (χ0v) is 13.2. The first kappa shape index (κ1) is 14.7. The van der Waals surface area contributed by atoms with Crippen molar-refractivity contribution in [2.24, 2.45) is 0 Å². The molecule has 4 nitrogen and oxygen atoms in total. The van der Waals surface area contributed by atoms with E-state index in [1.807, 2.05) is 44.2 Å². The summed E-state index contributed by atoms with van der Waals surface area (Å²) in [6.45, 7) is 4.42. The summed E-state index contributed by atoms with van der Waals surface area (Å²) in [4.78, 5) is 14.3. The maximum atomic E-state index is 12.6. The molecule has 0 saturated heterocycles. The molecule has 0 saturated carbocycles. The third-order valence-electron chi connectivity index (χ3n) is 3.53. The number of hydrogen-bond acceptors (Lipinski definition) is 2. The van der Waals surface area contributed by atoms with E-state index >= 15 is 0 Å². The number of anilines is 2.